The van der Waals surface area contributed by atoms with Gasteiger partial charge in [-0.3, -0.25) is 14.8 Å². The predicted molar refractivity (Wildman–Crippen MR) is 107 cm³/mol. The monoisotopic (exact) mass is 488 g/mol. The van der Waals surface area contributed by atoms with Gasteiger partial charge in [-0.05, 0) is 49.2 Å². The Balaban J connectivity index is 1.75. The Bertz CT molecular complexity index is 1140. The van der Waals surface area contributed by atoms with Crippen LogP contribution in [0, 0.1) is 0 Å². The van der Waals surface area contributed by atoms with Crippen LogP contribution in [0.2, 0.25) is 0 Å². The normalized spacial score (nSPS) is 15.8. The summed E-state index contributed by atoms with van der Waals surface area (Å²) in [5.74, 6) is -1.71. The largest absolute Gasteiger partial charge is 0.507 e. The van der Waals surface area contributed by atoms with Crippen molar-refractivity contribution in [2.45, 2.75) is 30.0 Å². The predicted octanol–water partition coefficient (Wildman–Crippen LogP) is 2.57. The van der Waals surface area contributed by atoms with Crippen molar-refractivity contribution in [1.82, 2.24) is 9.79 Å². The molecule has 13 heteroatoms. The molecule has 0 radical (unpaired) electrons. The highest BCUT2D eigenvalue weighted by molar-refractivity contribution is 7.89. The number of hydroxylamine groups is 1. The number of phenols is 1. The molecule has 9 nitrogen and oxygen atoms in total. The van der Waals surface area contributed by atoms with E-state index in [-0.39, 0.29) is 38.0 Å². The average Bonchev–Trinajstić information content (AvgIpc) is 2.78. The van der Waals surface area contributed by atoms with E-state index in [1.165, 1.54) is 17.6 Å². The molecule has 0 atom stereocenters. The van der Waals surface area contributed by atoms with Crippen LogP contribution in [0.3, 0.4) is 0 Å². The van der Waals surface area contributed by atoms with Crippen LogP contribution < -0.4 is 10.2 Å². The second-order valence-corrected chi connectivity index (χ2v) is 9.08. The van der Waals surface area contributed by atoms with Crippen LogP contribution in [0.4, 0.5) is 13.2 Å². The summed E-state index contributed by atoms with van der Waals surface area (Å²) in [5, 5.41) is 18.7. The van der Waals surface area contributed by atoms with Crippen LogP contribution in [0.25, 0.3) is 0 Å². The van der Waals surface area contributed by atoms with Crippen LogP contribution in [-0.2, 0) is 16.2 Å². The van der Waals surface area contributed by atoms with Crippen molar-refractivity contribution in [2.24, 2.45) is 0 Å². The minimum atomic E-state index is -4.47. The number of rotatable bonds is 6. The first-order valence-corrected chi connectivity index (χ1v) is 11.0. The molecule has 0 saturated carbocycles. The van der Waals surface area contributed by atoms with E-state index in [1.807, 2.05) is 0 Å². The molecular weight excluding hydrogens is 469 g/mol. The van der Waals surface area contributed by atoms with Gasteiger partial charge in [0.15, 0.2) is 6.29 Å². The maximum atomic E-state index is 13.1. The molecular formula is C20H19F3N2O7S. The standard InChI is InChI=1S/C20H19F3N2O7S/c21-20(22,23)12-1-3-13(4-2-12)32-14-7-9-25(10-8-14)33(30,31)17-6-5-16(27)15(11-26)18(17)19(28)24-29/h1-6,11,14,27,29H,7-10H2,(H,24,28). The van der Waals surface area contributed by atoms with E-state index in [4.69, 9.17) is 9.94 Å². The van der Waals surface area contributed by atoms with Crippen LogP contribution in [-0.4, -0.2) is 54.4 Å². The number of nitrogens with zero attached hydrogens (tertiary/aromatic N) is 1. The first kappa shape index (κ1) is 24.5. The Labute approximate surface area is 186 Å². The van der Waals surface area contributed by atoms with Gasteiger partial charge < -0.3 is 9.84 Å². The van der Waals surface area contributed by atoms with Crippen molar-refractivity contribution in [2.75, 3.05) is 13.1 Å². The Hall–Kier alpha value is -3.16. The molecule has 3 N–H and O–H groups in total. The molecule has 1 saturated heterocycles. The molecule has 3 rings (SSSR count). The number of halogens is 3. The summed E-state index contributed by atoms with van der Waals surface area (Å²) in [6.45, 7) is -0.0732. The highest BCUT2D eigenvalue weighted by Gasteiger charge is 2.35. The number of benzene rings is 2. The molecule has 0 spiro atoms. The molecule has 1 aliphatic heterocycles. The molecule has 2 aromatic carbocycles. The fraction of sp³-hybridized carbons (Fsp3) is 0.300. The van der Waals surface area contributed by atoms with Crippen LogP contribution in [0.1, 0.15) is 39.1 Å². The second-order valence-electron chi connectivity index (χ2n) is 7.17. The van der Waals surface area contributed by atoms with Gasteiger partial charge in [-0.2, -0.15) is 17.5 Å². The molecule has 0 unspecified atom stereocenters. The second kappa shape index (κ2) is 9.37. The lowest BCUT2D eigenvalue weighted by Gasteiger charge is -2.32. The van der Waals surface area contributed by atoms with Gasteiger partial charge in [0.25, 0.3) is 5.91 Å². The zero-order chi connectivity index (χ0) is 24.4. The van der Waals surface area contributed by atoms with Gasteiger partial charge in [-0.1, -0.05) is 0 Å². The van der Waals surface area contributed by atoms with Crippen molar-refractivity contribution in [3.05, 3.63) is 53.1 Å². The number of aromatic hydroxyl groups is 1. The SMILES string of the molecule is O=Cc1c(O)ccc(S(=O)(=O)N2CCC(Oc3ccc(C(F)(F)F)cc3)CC2)c1C(=O)NO. The fourth-order valence-corrected chi connectivity index (χ4v) is 5.13. The number of alkyl halides is 3. The lowest BCUT2D eigenvalue weighted by Crippen LogP contribution is -2.42. The molecule has 178 valence electrons. The fourth-order valence-electron chi connectivity index (χ4n) is 3.46. The highest BCUT2D eigenvalue weighted by Crippen LogP contribution is 2.32. The van der Waals surface area contributed by atoms with E-state index >= 15 is 0 Å². The van der Waals surface area contributed by atoms with Crippen molar-refractivity contribution >= 4 is 22.2 Å². The van der Waals surface area contributed by atoms with Crippen LogP contribution >= 0.6 is 0 Å². The van der Waals surface area contributed by atoms with Gasteiger partial charge in [0.1, 0.15) is 17.6 Å². The van der Waals surface area contributed by atoms with Gasteiger partial charge >= 0.3 is 6.18 Å². The minimum Gasteiger partial charge on any atom is -0.507 e. The maximum Gasteiger partial charge on any atom is 0.416 e. The van der Waals surface area contributed by atoms with Crippen LogP contribution in [0.5, 0.6) is 11.5 Å². The number of amides is 1. The van der Waals surface area contributed by atoms with E-state index in [2.05, 4.69) is 0 Å². The molecule has 1 amide bonds. The maximum absolute atomic E-state index is 13.1. The molecule has 1 aliphatic rings. The van der Waals surface area contributed by atoms with Gasteiger partial charge in [0, 0.05) is 13.1 Å². The lowest BCUT2D eigenvalue weighted by atomic mass is 10.1. The zero-order valence-electron chi connectivity index (χ0n) is 16.9. The van der Waals surface area contributed by atoms with E-state index in [9.17, 15) is 36.3 Å². The molecule has 33 heavy (non-hydrogen) atoms. The van der Waals surface area contributed by atoms with Gasteiger partial charge in [0.05, 0.1) is 21.6 Å². The summed E-state index contributed by atoms with van der Waals surface area (Å²) in [6, 6.07) is 6.04. The average molecular weight is 488 g/mol. The summed E-state index contributed by atoms with van der Waals surface area (Å²) in [4.78, 5) is 22.8. The number of phenolic OH excluding ortho intramolecular Hbond substituents is 1. The Morgan fingerprint density at radius 2 is 1.73 bits per heavy atom. The van der Waals surface area contributed by atoms with Crippen molar-refractivity contribution in [3.8, 4) is 11.5 Å². The molecule has 0 aliphatic carbocycles. The number of sulfonamides is 1. The molecule has 1 heterocycles. The van der Waals surface area contributed by atoms with Crippen molar-refractivity contribution in [3.63, 3.8) is 0 Å². The van der Waals surface area contributed by atoms with Crippen LogP contribution in [0.15, 0.2) is 41.3 Å². The third-order valence-electron chi connectivity index (χ3n) is 5.13. The Morgan fingerprint density at radius 3 is 2.24 bits per heavy atom. The number of hydrogen-bond donors (Lipinski definition) is 3. The van der Waals surface area contributed by atoms with E-state index in [1.54, 1.807) is 0 Å². The Kier molecular flexibility index (Phi) is 6.95. The number of aldehydes is 1. The summed E-state index contributed by atoms with van der Waals surface area (Å²) in [7, 11) is -4.30. The highest BCUT2D eigenvalue weighted by atomic mass is 32.2. The quantitative estimate of drug-likeness (QED) is 0.323. The number of carbonyl (C=O) groups is 2. The number of carbonyl (C=O) groups excluding carboxylic acids is 2. The molecule has 2 aromatic rings. The number of hydrogen-bond acceptors (Lipinski definition) is 7. The first-order valence-electron chi connectivity index (χ1n) is 9.58. The zero-order valence-corrected chi connectivity index (χ0v) is 17.7. The molecule has 0 bridgehead atoms. The number of ether oxygens (including phenoxy) is 1. The van der Waals surface area contributed by atoms with Crippen molar-refractivity contribution < 1.29 is 46.2 Å². The Morgan fingerprint density at radius 1 is 1.12 bits per heavy atom. The number of nitrogens with one attached hydrogen (secondary N) is 1. The first-order chi connectivity index (χ1) is 15.5. The van der Waals surface area contributed by atoms with E-state index in [0.717, 1.165) is 28.6 Å². The third-order valence-corrected chi connectivity index (χ3v) is 7.07. The van der Waals surface area contributed by atoms with E-state index < -0.39 is 55.5 Å². The summed E-state index contributed by atoms with van der Waals surface area (Å²) in [6.07, 6.45) is -4.41. The minimum absolute atomic E-state index is 0.0366. The third kappa shape index (κ3) is 5.10. The lowest BCUT2D eigenvalue weighted by molar-refractivity contribution is -0.137. The van der Waals surface area contributed by atoms with Gasteiger partial charge in [-0.15, -0.1) is 0 Å². The molecule has 1 fully saturated rings. The van der Waals surface area contributed by atoms with Gasteiger partial charge in [0.2, 0.25) is 10.0 Å². The van der Waals surface area contributed by atoms with E-state index in [0.29, 0.717) is 0 Å². The summed E-state index contributed by atoms with van der Waals surface area (Å²) >= 11 is 0. The summed E-state index contributed by atoms with van der Waals surface area (Å²) in [5.41, 5.74) is -0.846. The summed E-state index contributed by atoms with van der Waals surface area (Å²) < 4.78 is 71.0. The number of piperidine rings is 1. The topological polar surface area (TPSA) is 133 Å². The molecule has 0 aromatic heterocycles. The smallest absolute Gasteiger partial charge is 0.416 e. The van der Waals surface area contributed by atoms with Crippen molar-refractivity contribution in [1.29, 1.82) is 0 Å². The van der Waals surface area contributed by atoms with Gasteiger partial charge in [-0.25, -0.2) is 13.9 Å².